The molecule has 1 saturated heterocycles. The van der Waals surface area contributed by atoms with Gasteiger partial charge in [-0.2, -0.15) is 0 Å². The van der Waals surface area contributed by atoms with E-state index in [2.05, 4.69) is 40.1 Å². The second kappa shape index (κ2) is 9.71. The minimum atomic E-state index is -0.734. The number of anilines is 1. The third-order valence-electron chi connectivity index (χ3n) is 5.95. The van der Waals surface area contributed by atoms with Crippen LogP contribution in [-0.2, 0) is 4.74 Å². The molecule has 0 aromatic heterocycles. The molecule has 0 radical (unpaired) electrons. The molecule has 1 fully saturated rings. The highest BCUT2D eigenvalue weighted by atomic mass is 16.6. The van der Waals surface area contributed by atoms with Crippen LogP contribution in [0.1, 0.15) is 18.1 Å². The summed E-state index contributed by atoms with van der Waals surface area (Å²) < 4.78 is 10.8. The fourth-order valence-electron chi connectivity index (χ4n) is 4.27. The van der Waals surface area contributed by atoms with E-state index < -0.39 is 6.09 Å². The Labute approximate surface area is 183 Å². The van der Waals surface area contributed by atoms with Crippen LogP contribution in [0.2, 0.25) is 0 Å². The zero-order chi connectivity index (χ0) is 21.6. The normalized spacial score (nSPS) is 15.6. The Morgan fingerprint density at radius 2 is 1.68 bits per heavy atom. The maximum Gasteiger partial charge on any atom is 0.405 e. The van der Waals surface area contributed by atoms with E-state index in [-0.39, 0.29) is 6.10 Å². The van der Waals surface area contributed by atoms with Crippen molar-refractivity contribution in [2.75, 3.05) is 44.7 Å². The van der Waals surface area contributed by atoms with Gasteiger partial charge in [0.2, 0.25) is 0 Å². The molecule has 3 aromatic carbocycles. The van der Waals surface area contributed by atoms with Crippen molar-refractivity contribution in [2.24, 2.45) is 5.73 Å². The number of benzene rings is 3. The van der Waals surface area contributed by atoms with E-state index in [1.807, 2.05) is 36.4 Å². The minimum absolute atomic E-state index is 0.358. The van der Waals surface area contributed by atoms with Crippen molar-refractivity contribution in [3.05, 3.63) is 72.3 Å². The summed E-state index contributed by atoms with van der Waals surface area (Å²) in [6, 6.07) is 22.4. The number of hydrogen-bond acceptors (Lipinski definition) is 5. The van der Waals surface area contributed by atoms with Gasteiger partial charge in [-0.05, 0) is 35.0 Å². The molecule has 6 heteroatoms. The first-order chi connectivity index (χ1) is 15.1. The molecule has 0 bridgehead atoms. The highest BCUT2D eigenvalue weighted by Gasteiger charge is 2.22. The molecule has 31 heavy (non-hydrogen) atoms. The predicted molar refractivity (Wildman–Crippen MR) is 124 cm³/mol. The molecule has 162 valence electrons. The van der Waals surface area contributed by atoms with Crippen LogP contribution in [0.25, 0.3) is 10.8 Å². The summed E-state index contributed by atoms with van der Waals surface area (Å²) in [6.07, 6.45) is -0.384. The summed E-state index contributed by atoms with van der Waals surface area (Å²) in [5.74, 6) is 0.872. The summed E-state index contributed by atoms with van der Waals surface area (Å²) in [5, 5.41) is 2.23. The van der Waals surface area contributed by atoms with Crippen molar-refractivity contribution in [2.45, 2.75) is 12.5 Å². The molecule has 4 rings (SSSR count). The number of nitrogens with zero attached hydrogens (tertiary/aromatic N) is 2. The van der Waals surface area contributed by atoms with Gasteiger partial charge in [-0.15, -0.1) is 0 Å². The number of carbonyl (C=O) groups excluding carboxylic acids is 1. The Hall–Kier alpha value is -3.25. The number of hydrogen-bond donors (Lipinski definition) is 1. The minimum Gasteiger partial charge on any atom is -0.497 e. The molecular formula is C25H29N3O3. The molecular weight excluding hydrogens is 390 g/mol. The predicted octanol–water partition coefficient (Wildman–Crippen LogP) is 4.20. The first-order valence-electron chi connectivity index (χ1n) is 10.7. The van der Waals surface area contributed by atoms with Gasteiger partial charge in [0.05, 0.1) is 7.11 Å². The zero-order valence-corrected chi connectivity index (χ0v) is 17.9. The lowest BCUT2D eigenvalue weighted by Crippen LogP contribution is -2.46. The second-order valence-corrected chi connectivity index (χ2v) is 7.81. The first-order valence-corrected chi connectivity index (χ1v) is 10.7. The van der Waals surface area contributed by atoms with Gasteiger partial charge >= 0.3 is 6.09 Å². The number of primary amides is 1. The molecule has 1 atom stereocenters. The largest absolute Gasteiger partial charge is 0.497 e. The number of fused-ring (bicyclic) bond motifs is 1. The van der Waals surface area contributed by atoms with Crippen LogP contribution in [0.5, 0.6) is 5.75 Å². The zero-order valence-electron chi connectivity index (χ0n) is 17.9. The van der Waals surface area contributed by atoms with Gasteiger partial charge in [-0.3, -0.25) is 4.90 Å². The third kappa shape index (κ3) is 5.09. The third-order valence-corrected chi connectivity index (χ3v) is 5.95. The van der Waals surface area contributed by atoms with Gasteiger partial charge < -0.3 is 20.1 Å². The van der Waals surface area contributed by atoms with Crippen LogP contribution >= 0.6 is 0 Å². The van der Waals surface area contributed by atoms with Crippen LogP contribution in [0, 0.1) is 0 Å². The molecule has 1 amide bonds. The fraction of sp³-hybridized carbons (Fsp3) is 0.320. The highest BCUT2D eigenvalue weighted by Crippen LogP contribution is 2.29. The standard InChI is InChI=1S/C25H29N3O3/c1-30-21-11-9-20(10-12-21)28-17-15-27(16-18-28)14-13-24(31-25(26)29)23-8-4-6-19-5-2-3-7-22(19)23/h2-12,24H,13-18H2,1H3,(H2,26,29). The highest BCUT2D eigenvalue weighted by molar-refractivity contribution is 5.86. The number of piperazine rings is 1. The number of methoxy groups -OCH3 is 1. The number of nitrogens with two attached hydrogens (primary N) is 1. The Balaban J connectivity index is 1.38. The second-order valence-electron chi connectivity index (χ2n) is 7.81. The van der Waals surface area contributed by atoms with E-state index in [1.165, 1.54) is 5.69 Å². The lowest BCUT2D eigenvalue weighted by atomic mass is 9.98. The van der Waals surface area contributed by atoms with Crippen molar-refractivity contribution in [3.8, 4) is 5.75 Å². The number of carbonyl (C=O) groups is 1. The molecule has 1 heterocycles. The van der Waals surface area contributed by atoms with Crippen molar-refractivity contribution in [3.63, 3.8) is 0 Å². The molecule has 6 nitrogen and oxygen atoms in total. The van der Waals surface area contributed by atoms with Crippen LogP contribution in [0.15, 0.2) is 66.7 Å². The van der Waals surface area contributed by atoms with Crippen LogP contribution < -0.4 is 15.4 Å². The summed E-state index contributed by atoms with van der Waals surface area (Å²) in [4.78, 5) is 16.4. The summed E-state index contributed by atoms with van der Waals surface area (Å²) in [6.45, 7) is 4.69. The van der Waals surface area contributed by atoms with Crippen molar-refractivity contribution in [1.29, 1.82) is 0 Å². The Bertz CT molecular complexity index is 1010. The van der Waals surface area contributed by atoms with Gasteiger partial charge in [-0.1, -0.05) is 42.5 Å². The van der Waals surface area contributed by atoms with E-state index in [9.17, 15) is 4.79 Å². The molecule has 0 saturated carbocycles. The SMILES string of the molecule is COc1ccc(N2CCN(CCC(OC(N)=O)c3cccc4ccccc34)CC2)cc1. The summed E-state index contributed by atoms with van der Waals surface area (Å²) in [5.41, 5.74) is 7.62. The maximum atomic E-state index is 11.6. The van der Waals surface area contributed by atoms with Gasteiger partial charge in [-0.25, -0.2) is 4.79 Å². The Kier molecular flexibility index (Phi) is 6.57. The summed E-state index contributed by atoms with van der Waals surface area (Å²) >= 11 is 0. The average Bonchev–Trinajstić information content (AvgIpc) is 2.81. The molecule has 1 unspecified atom stereocenters. The van der Waals surface area contributed by atoms with E-state index in [0.717, 1.165) is 54.8 Å². The number of ether oxygens (including phenoxy) is 2. The van der Waals surface area contributed by atoms with Crippen LogP contribution in [0.3, 0.4) is 0 Å². The van der Waals surface area contributed by atoms with Crippen molar-refractivity contribution < 1.29 is 14.3 Å². The molecule has 0 aliphatic carbocycles. The number of rotatable bonds is 7. The monoisotopic (exact) mass is 419 g/mol. The molecule has 3 aromatic rings. The first kappa shape index (κ1) is 21.0. The molecule has 2 N–H and O–H groups in total. The van der Waals surface area contributed by atoms with E-state index in [1.54, 1.807) is 7.11 Å². The molecule has 1 aliphatic rings. The lowest BCUT2D eigenvalue weighted by molar-refractivity contribution is 0.0918. The van der Waals surface area contributed by atoms with Gasteiger partial charge in [0, 0.05) is 50.4 Å². The van der Waals surface area contributed by atoms with Crippen LogP contribution in [-0.4, -0.2) is 50.8 Å². The molecule has 1 aliphatic heterocycles. The molecule has 0 spiro atoms. The quantitative estimate of drug-likeness (QED) is 0.622. The van der Waals surface area contributed by atoms with E-state index >= 15 is 0 Å². The lowest BCUT2D eigenvalue weighted by Gasteiger charge is -2.36. The van der Waals surface area contributed by atoms with Crippen molar-refractivity contribution in [1.82, 2.24) is 4.90 Å². The topological polar surface area (TPSA) is 68.0 Å². The fourth-order valence-corrected chi connectivity index (χ4v) is 4.27. The Morgan fingerprint density at radius 1 is 0.968 bits per heavy atom. The van der Waals surface area contributed by atoms with Gasteiger partial charge in [0.1, 0.15) is 11.9 Å². The number of amides is 1. The van der Waals surface area contributed by atoms with Crippen molar-refractivity contribution >= 4 is 22.6 Å². The van der Waals surface area contributed by atoms with E-state index in [0.29, 0.717) is 6.42 Å². The smallest absolute Gasteiger partial charge is 0.405 e. The van der Waals surface area contributed by atoms with Crippen LogP contribution in [0.4, 0.5) is 10.5 Å². The Morgan fingerprint density at radius 3 is 2.39 bits per heavy atom. The maximum absolute atomic E-state index is 11.6. The van der Waals surface area contributed by atoms with Gasteiger partial charge in [0.25, 0.3) is 0 Å². The summed E-state index contributed by atoms with van der Waals surface area (Å²) in [7, 11) is 1.68. The van der Waals surface area contributed by atoms with E-state index in [4.69, 9.17) is 15.2 Å². The van der Waals surface area contributed by atoms with Gasteiger partial charge in [0.15, 0.2) is 0 Å². The average molecular weight is 420 g/mol.